The summed E-state index contributed by atoms with van der Waals surface area (Å²) in [4.78, 5) is 32.5. The van der Waals surface area contributed by atoms with Gasteiger partial charge in [-0.1, -0.05) is 57.2 Å². The molecular formula is C27H38N4O2. The number of imidazole rings is 1. The van der Waals surface area contributed by atoms with Gasteiger partial charge in [-0.3, -0.25) is 9.59 Å². The molecule has 1 aromatic carbocycles. The van der Waals surface area contributed by atoms with E-state index in [1.54, 1.807) is 0 Å². The van der Waals surface area contributed by atoms with Crippen molar-refractivity contribution in [2.45, 2.75) is 95.7 Å². The molecule has 0 spiro atoms. The van der Waals surface area contributed by atoms with Crippen LogP contribution in [0.3, 0.4) is 0 Å². The Morgan fingerprint density at radius 1 is 1.03 bits per heavy atom. The van der Waals surface area contributed by atoms with Gasteiger partial charge in [-0.05, 0) is 50.3 Å². The van der Waals surface area contributed by atoms with Gasteiger partial charge in [0.25, 0.3) is 0 Å². The molecule has 2 fully saturated rings. The molecule has 1 aromatic heterocycles. The van der Waals surface area contributed by atoms with Gasteiger partial charge in [0.15, 0.2) is 0 Å². The normalized spacial score (nSPS) is 17.7. The van der Waals surface area contributed by atoms with Crippen molar-refractivity contribution in [2.24, 2.45) is 0 Å². The molecule has 1 N–H and O–H groups in total. The van der Waals surface area contributed by atoms with E-state index in [1.165, 1.54) is 44.6 Å². The van der Waals surface area contributed by atoms with Crippen LogP contribution in [0.25, 0.3) is 11.0 Å². The summed E-state index contributed by atoms with van der Waals surface area (Å²) in [5, 5.41) is 2.83. The summed E-state index contributed by atoms with van der Waals surface area (Å²) in [5.74, 6) is 1.01. The first-order valence-electron chi connectivity index (χ1n) is 12.8. The Bertz CT molecular complexity index is 936. The molecule has 0 atom stereocenters. The molecular weight excluding hydrogens is 412 g/mol. The van der Waals surface area contributed by atoms with Crippen LogP contribution in [0.2, 0.25) is 0 Å². The zero-order valence-corrected chi connectivity index (χ0v) is 19.8. The highest BCUT2D eigenvalue weighted by Gasteiger charge is 2.32. The van der Waals surface area contributed by atoms with Crippen molar-refractivity contribution in [1.29, 1.82) is 0 Å². The van der Waals surface area contributed by atoms with Crippen molar-refractivity contribution in [3.05, 3.63) is 42.7 Å². The number of hydrogen-bond acceptors (Lipinski definition) is 3. The molecule has 6 heteroatoms. The number of nitrogens with zero attached hydrogens (tertiary/aromatic N) is 3. The second-order valence-electron chi connectivity index (χ2n) is 9.59. The lowest BCUT2D eigenvalue weighted by molar-refractivity contribution is -0.138. The Hall–Kier alpha value is -2.63. The second-order valence-corrected chi connectivity index (χ2v) is 9.59. The first-order valence-corrected chi connectivity index (χ1v) is 12.8. The number of aromatic nitrogens is 2. The molecule has 0 radical (unpaired) electrons. The predicted octanol–water partition coefficient (Wildman–Crippen LogP) is 4.77. The van der Waals surface area contributed by atoms with Gasteiger partial charge in [-0.15, -0.1) is 0 Å². The third kappa shape index (κ3) is 5.84. The van der Waals surface area contributed by atoms with Crippen LogP contribution in [0, 0.1) is 0 Å². The van der Waals surface area contributed by atoms with E-state index >= 15 is 0 Å². The van der Waals surface area contributed by atoms with E-state index in [9.17, 15) is 9.59 Å². The van der Waals surface area contributed by atoms with Gasteiger partial charge in [-0.2, -0.15) is 0 Å². The van der Waals surface area contributed by atoms with Crippen LogP contribution in [0.1, 0.15) is 76.5 Å². The first-order chi connectivity index (χ1) is 16.2. The molecule has 2 aliphatic carbocycles. The van der Waals surface area contributed by atoms with E-state index in [2.05, 4.69) is 27.4 Å². The van der Waals surface area contributed by atoms with Gasteiger partial charge in [-0.25, -0.2) is 4.98 Å². The van der Waals surface area contributed by atoms with Gasteiger partial charge in [0.05, 0.1) is 11.0 Å². The molecule has 1 heterocycles. The van der Waals surface area contributed by atoms with Crippen molar-refractivity contribution in [3.8, 4) is 0 Å². The lowest BCUT2D eigenvalue weighted by atomic mass is 9.88. The number of carbonyl (C=O) groups is 2. The summed E-state index contributed by atoms with van der Waals surface area (Å²) in [6, 6.07) is 8.86. The number of aryl methyl sites for hydroxylation is 1. The molecule has 6 nitrogen and oxygen atoms in total. The first kappa shape index (κ1) is 23.5. The minimum Gasteiger partial charge on any atom is -0.353 e. The summed E-state index contributed by atoms with van der Waals surface area (Å²) >= 11 is 0. The minimum absolute atomic E-state index is 0.158. The van der Waals surface area contributed by atoms with Crippen molar-refractivity contribution in [1.82, 2.24) is 19.8 Å². The zero-order valence-electron chi connectivity index (χ0n) is 19.8. The number of amides is 2. The summed E-state index contributed by atoms with van der Waals surface area (Å²) in [7, 11) is 0. The maximum Gasteiger partial charge on any atom is 0.243 e. The Labute approximate surface area is 197 Å². The molecule has 2 amide bonds. The van der Waals surface area contributed by atoms with Gasteiger partial charge in [0.2, 0.25) is 11.8 Å². The Balaban J connectivity index is 1.54. The van der Waals surface area contributed by atoms with Crippen LogP contribution < -0.4 is 5.32 Å². The van der Waals surface area contributed by atoms with Gasteiger partial charge in [0, 0.05) is 25.0 Å². The molecule has 0 aliphatic heterocycles. The lowest BCUT2D eigenvalue weighted by Crippen LogP contribution is -2.50. The summed E-state index contributed by atoms with van der Waals surface area (Å²) in [6.07, 6.45) is 14.9. The highest BCUT2D eigenvalue weighted by Crippen LogP contribution is 2.31. The molecule has 2 aromatic rings. The Morgan fingerprint density at radius 2 is 1.67 bits per heavy atom. The van der Waals surface area contributed by atoms with Crippen LogP contribution >= 0.6 is 0 Å². The third-order valence-corrected chi connectivity index (χ3v) is 7.31. The second kappa shape index (κ2) is 11.5. The van der Waals surface area contributed by atoms with E-state index in [1.807, 2.05) is 18.2 Å². The fourth-order valence-electron chi connectivity index (χ4n) is 5.66. The van der Waals surface area contributed by atoms with E-state index in [0.29, 0.717) is 31.6 Å². The molecule has 0 saturated heterocycles. The molecule has 4 rings (SSSR count). The summed E-state index contributed by atoms with van der Waals surface area (Å²) < 4.78 is 2.12. The van der Waals surface area contributed by atoms with Crippen LogP contribution in [0.4, 0.5) is 0 Å². The van der Waals surface area contributed by atoms with Gasteiger partial charge >= 0.3 is 0 Å². The Morgan fingerprint density at radius 3 is 2.30 bits per heavy atom. The van der Waals surface area contributed by atoms with Crippen molar-refractivity contribution in [3.63, 3.8) is 0 Å². The van der Waals surface area contributed by atoms with Crippen LogP contribution in [-0.2, 0) is 22.6 Å². The summed E-state index contributed by atoms with van der Waals surface area (Å²) in [5.41, 5.74) is 1.94. The SMILES string of the molecule is C=CC(=O)NCCCc1nc2ccccc2n1CC(=O)N(C1CCCCC1)C1CCCCC1. The smallest absolute Gasteiger partial charge is 0.243 e. The maximum absolute atomic E-state index is 13.9. The number of benzene rings is 1. The number of rotatable bonds is 9. The number of hydrogen-bond donors (Lipinski definition) is 1. The maximum atomic E-state index is 13.9. The number of carbonyl (C=O) groups excluding carboxylic acids is 2. The molecule has 0 unspecified atom stereocenters. The fourth-order valence-corrected chi connectivity index (χ4v) is 5.66. The highest BCUT2D eigenvalue weighted by atomic mass is 16.2. The number of fused-ring (bicyclic) bond motifs is 1. The minimum atomic E-state index is -0.158. The Kier molecular flexibility index (Phi) is 8.19. The predicted molar refractivity (Wildman–Crippen MR) is 132 cm³/mol. The van der Waals surface area contributed by atoms with Gasteiger partial charge in [0.1, 0.15) is 12.4 Å². The average Bonchev–Trinajstić information content (AvgIpc) is 3.20. The van der Waals surface area contributed by atoms with Gasteiger partial charge < -0.3 is 14.8 Å². The molecule has 178 valence electrons. The van der Waals surface area contributed by atoms with Crippen LogP contribution in [0.15, 0.2) is 36.9 Å². The number of para-hydroxylation sites is 2. The van der Waals surface area contributed by atoms with Crippen LogP contribution in [0.5, 0.6) is 0 Å². The number of nitrogens with one attached hydrogen (secondary N) is 1. The zero-order chi connectivity index (χ0) is 23.0. The van der Waals surface area contributed by atoms with Crippen molar-refractivity contribution < 1.29 is 9.59 Å². The molecule has 33 heavy (non-hydrogen) atoms. The fraction of sp³-hybridized carbons (Fsp3) is 0.593. The summed E-state index contributed by atoms with van der Waals surface area (Å²) in [6.45, 7) is 4.41. The standard InChI is InChI=1S/C27H38N4O2/c1-2-26(32)28-19-11-18-25-29-23-16-9-10-17-24(23)30(25)20-27(33)31(21-12-5-3-6-13-21)22-14-7-4-8-15-22/h2,9-10,16-17,21-22H,1,3-8,11-15,18-20H2,(H,28,32). The van der Waals surface area contributed by atoms with Crippen LogP contribution in [-0.4, -0.2) is 44.9 Å². The average molecular weight is 451 g/mol. The third-order valence-electron chi connectivity index (χ3n) is 7.31. The van der Waals surface area contributed by atoms with E-state index in [-0.39, 0.29) is 11.8 Å². The van der Waals surface area contributed by atoms with E-state index < -0.39 is 0 Å². The lowest BCUT2D eigenvalue weighted by Gasteiger charge is -2.42. The molecule has 0 bridgehead atoms. The van der Waals surface area contributed by atoms with Crippen molar-refractivity contribution in [2.75, 3.05) is 6.54 Å². The molecule has 2 saturated carbocycles. The highest BCUT2D eigenvalue weighted by molar-refractivity contribution is 5.86. The monoisotopic (exact) mass is 450 g/mol. The topological polar surface area (TPSA) is 67.2 Å². The quantitative estimate of drug-likeness (QED) is 0.442. The molecule has 2 aliphatic rings. The van der Waals surface area contributed by atoms with E-state index in [4.69, 9.17) is 4.98 Å². The largest absolute Gasteiger partial charge is 0.353 e. The van der Waals surface area contributed by atoms with E-state index in [0.717, 1.165) is 49.0 Å². The van der Waals surface area contributed by atoms with Crippen molar-refractivity contribution >= 4 is 22.8 Å².